The summed E-state index contributed by atoms with van der Waals surface area (Å²) in [7, 11) is 1.43. The van der Waals surface area contributed by atoms with Gasteiger partial charge < -0.3 is 30.2 Å². The highest BCUT2D eigenvalue weighted by molar-refractivity contribution is 5.87. The number of halogens is 1. The SMILES string of the molecule is CN(C(=O)O)[C@@H](C(=O)N1CCC[C@H]1c1ncc(-c2ccc(-c3ccc(-c4cnc([C@@H]5CCCN5C(=O)[C@H]5C[C@@H](F)CN5)[nH]4)cc3)cc2)[nH]1)c1ccccc1. The summed E-state index contributed by atoms with van der Waals surface area (Å²) in [5.74, 6) is 1.11. The maximum Gasteiger partial charge on any atom is 0.407 e. The lowest BCUT2D eigenvalue weighted by molar-refractivity contribution is -0.137. The summed E-state index contributed by atoms with van der Waals surface area (Å²) in [4.78, 5) is 59.9. The van der Waals surface area contributed by atoms with E-state index in [1.807, 2.05) is 35.2 Å². The van der Waals surface area contributed by atoms with Crippen LogP contribution in [0.3, 0.4) is 0 Å². The number of nitrogens with zero attached hydrogens (tertiary/aromatic N) is 5. The van der Waals surface area contributed by atoms with E-state index in [0.29, 0.717) is 24.5 Å². The summed E-state index contributed by atoms with van der Waals surface area (Å²) in [6.07, 6.45) is 4.89. The van der Waals surface area contributed by atoms with E-state index in [-0.39, 0.29) is 36.9 Å². The Morgan fingerprint density at radius 2 is 1.30 bits per heavy atom. The molecule has 13 heteroatoms. The molecule has 12 nitrogen and oxygen atoms in total. The molecule has 0 spiro atoms. The first-order valence-electron chi connectivity index (χ1n) is 18.6. The lowest BCUT2D eigenvalue weighted by Gasteiger charge is -2.32. The van der Waals surface area contributed by atoms with E-state index in [0.717, 1.165) is 70.0 Å². The van der Waals surface area contributed by atoms with Crippen LogP contribution in [0.1, 0.15) is 67.4 Å². The van der Waals surface area contributed by atoms with Crippen molar-refractivity contribution in [3.63, 3.8) is 0 Å². The van der Waals surface area contributed by atoms with Crippen molar-refractivity contribution in [1.29, 1.82) is 0 Å². The molecule has 2 aromatic heterocycles. The van der Waals surface area contributed by atoms with Crippen LogP contribution in [0.2, 0.25) is 0 Å². The molecule has 0 radical (unpaired) electrons. The zero-order valence-electron chi connectivity index (χ0n) is 30.0. The van der Waals surface area contributed by atoms with Crippen LogP contribution in [0.5, 0.6) is 0 Å². The average Bonchev–Trinajstić information content (AvgIpc) is 4.05. The number of nitrogens with one attached hydrogen (secondary N) is 3. The summed E-state index contributed by atoms with van der Waals surface area (Å²) >= 11 is 0. The number of H-pyrrole nitrogens is 2. The smallest absolute Gasteiger partial charge is 0.407 e. The van der Waals surface area contributed by atoms with Crippen molar-refractivity contribution in [3.8, 4) is 33.6 Å². The Labute approximate surface area is 312 Å². The van der Waals surface area contributed by atoms with Crippen molar-refractivity contribution >= 4 is 17.9 Å². The highest BCUT2D eigenvalue weighted by atomic mass is 19.1. The Kier molecular flexibility index (Phi) is 9.72. The lowest BCUT2D eigenvalue weighted by Crippen LogP contribution is -2.43. The van der Waals surface area contributed by atoms with Gasteiger partial charge in [0.2, 0.25) is 5.91 Å². The topological polar surface area (TPSA) is 151 Å². The Morgan fingerprint density at radius 1 is 0.778 bits per heavy atom. The number of imidazole rings is 2. The van der Waals surface area contributed by atoms with E-state index in [1.54, 1.807) is 41.6 Å². The van der Waals surface area contributed by atoms with Crippen LogP contribution in [0.4, 0.5) is 9.18 Å². The number of likely N-dealkylation sites (tertiary alicyclic amines) is 2. The molecule has 5 heterocycles. The summed E-state index contributed by atoms with van der Waals surface area (Å²) in [6, 6.07) is 23.6. The molecular formula is C41H43FN8O4. The third-order valence-corrected chi connectivity index (χ3v) is 11.0. The van der Waals surface area contributed by atoms with Gasteiger partial charge in [-0.15, -0.1) is 0 Å². The second kappa shape index (κ2) is 14.9. The number of carbonyl (C=O) groups is 3. The molecular weight excluding hydrogens is 688 g/mol. The van der Waals surface area contributed by atoms with Crippen molar-refractivity contribution in [2.75, 3.05) is 26.7 Å². The number of carboxylic acid groups (broad SMARTS) is 1. The van der Waals surface area contributed by atoms with E-state index >= 15 is 0 Å². The van der Waals surface area contributed by atoms with Crippen molar-refractivity contribution in [1.82, 2.24) is 40.0 Å². The van der Waals surface area contributed by atoms with Crippen molar-refractivity contribution in [3.05, 3.63) is 108 Å². The van der Waals surface area contributed by atoms with Crippen molar-refractivity contribution < 1.29 is 23.9 Å². The summed E-state index contributed by atoms with van der Waals surface area (Å²) in [6.45, 7) is 1.39. The van der Waals surface area contributed by atoms with Gasteiger partial charge in [-0.25, -0.2) is 19.2 Å². The predicted molar refractivity (Wildman–Crippen MR) is 201 cm³/mol. The number of amides is 3. The van der Waals surface area contributed by atoms with Gasteiger partial charge in [0.1, 0.15) is 23.9 Å². The predicted octanol–water partition coefficient (Wildman–Crippen LogP) is 6.51. The summed E-state index contributed by atoms with van der Waals surface area (Å²) < 4.78 is 13.8. The van der Waals surface area contributed by atoms with Gasteiger partial charge in [0.25, 0.3) is 5.91 Å². The third kappa shape index (κ3) is 6.86. The molecule has 5 aromatic rings. The van der Waals surface area contributed by atoms with Crippen LogP contribution in [0, 0.1) is 0 Å². The zero-order chi connectivity index (χ0) is 37.3. The van der Waals surface area contributed by atoms with Crippen LogP contribution < -0.4 is 5.32 Å². The summed E-state index contributed by atoms with van der Waals surface area (Å²) in [5, 5.41) is 12.8. The summed E-state index contributed by atoms with van der Waals surface area (Å²) in [5.41, 5.74) is 6.37. The van der Waals surface area contributed by atoms with Gasteiger partial charge in [0.05, 0.1) is 41.9 Å². The monoisotopic (exact) mass is 730 g/mol. The number of aromatic amines is 2. The van der Waals surface area contributed by atoms with Gasteiger partial charge in [0.15, 0.2) is 0 Å². The van der Waals surface area contributed by atoms with Crippen molar-refractivity contribution in [2.45, 2.75) is 62.4 Å². The molecule has 5 atom stereocenters. The van der Waals surface area contributed by atoms with E-state index < -0.39 is 24.3 Å². The Morgan fingerprint density at radius 3 is 1.81 bits per heavy atom. The van der Waals surface area contributed by atoms with E-state index in [9.17, 15) is 23.9 Å². The second-order valence-corrected chi connectivity index (χ2v) is 14.4. The molecule has 0 saturated carbocycles. The van der Waals surface area contributed by atoms with E-state index in [4.69, 9.17) is 0 Å². The molecule has 278 valence electrons. The third-order valence-electron chi connectivity index (χ3n) is 11.0. The molecule has 3 aromatic carbocycles. The molecule has 0 unspecified atom stereocenters. The van der Waals surface area contributed by atoms with Crippen LogP contribution >= 0.6 is 0 Å². The first kappa shape index (κ1) is 35.2. The molecule has 3 amide bonds. The van der Waals surface area contributed by atoms with Crippen LogP contribution in [0.15, 0.2) is 91.3 Å². The van der Waals surface area contributed by atoms with Gasteiger partial charge in [-0.1, -0.05) is 78.9 Å². The first-order chi connectivity index (χ1) is 26.2. The fourth-order valence-electron chi connectivity index (χ4n) is 8.13. The number of benzene rings is 3. The van der Waals surface area contributed by atoms with Gasteiger partial charge >= 0.3 is 6.09 Å². The molecule has 3 saturated heterocycles. The maximum absolute atomic E-state index is 13.9. The number of likely N-dealkylation sites (N-methyl/N-ethyl adjacent to an activating group) is 1. The zero-order valence-corrected chi connectivity index (χ0v) is 30.0. The Bertz CT molecular complexity index is 2120. The van der Waals surface area contributed by atoms with Crippen LogP contribution in [-0.2, 0) is 9.59 Å². The minimum absolute atomic E-state index is 0.0497. The highest BCUT2D eigenvalue weighted by Crippen LogP contribution is 2.36. The first-order valence-corrected chi connectivity index (χ1v) is 18.6. The average molecular weight is 731 g/mol. The largest absolute Gasteiger partial charge is 0.465 e. The molecule has 3 aliphatic rings. The van der Waals surface area contributed by atoms with E-state index in [1.165, 1.54) is 7.05 Å². The quantitative estimate of drug-likeness (QED) is 0.135. The van der Waals surface area contributed by atoms with Crippen LogP contribution in [0.25, 0.3) is 33.6 Å². The molecule has 8 rings (SSSR count). The van der Waals surface area contributed by atoms with E-state index in [2.05, 4.69) is 49.5 Å². The molecule has 0 bridgehead atoms. The van der Waals surface area contributed by atoms with Gasteiger partial charge in [-0.2, -0.15) is 0 Å². The Hall–Kier alpha value is -5.82. The fraction of sp³-hybridized carbons (Fsp3) is 0.341. The minimum atomic E-state index is -1.17. The molecule has 4 N–H and O–H groups in total. The normalized spacial score (nSPS) is 21.7. The van der Waals surface area contributed by atoms with Crippen molar-refractivity contribution in [2.24, 2.45) is 0 Å². The molecule has 0 aliphatic carbocycles. The molecule has 54 heavy (non-hydrogen) atoms. The number of carbonyl (C=O) groups excluding carboxylic acids is 2. The second-order valence-electron chi connectivity index (χ2n) is 14.4. The lowest BCUT2D eigenvalue weighted by atomic mass is 10.0. The number of alkyl halides is 1. The number of aromatic nitrogens is 4. The highest BCUT2D eigenvalue weighted by Gasteiger charge is 2.40. The standard InChI is InChI=1S/C41H43FN8O4/c1-48(41(53)54)36(29-7-3-2-4-8-29)40(52)50-20-6-10-35(50)38-45-24-33(47-38)28-17-13-26(14-18-28)25-11-15-27(16-12-25)32-23-44-37(46-32)34-9-5-19-49(34)39(51)31-21-30(42)22-43-31/h2-4,7-8,11-18,23-24,30-31,34-36,43H,5-6,9-10,19-22H2,1H3,(H,44,46)(H,45,47)(H,53,54)/t30-,31-,34+,35+,36-/m1/s1. The number of hydrogen-bond acceptors (Lipinski definition) is 6. The molecule has 3 fully saturated rings. The Balaban J connectivity index is 0.931. The molecule has 3 aliphatic heterocycles. The minimum Gasteiger partial charge on any atom is -0.465 e. The van der Waals surface area contributed by atoms with Gasteiger partial charge in [0, 0.05) is 33.1 Å². The number of rotatable bonds is 9. The fourth-order valence-corrected chi connectivity index (χ4v) is 8.13. The van der Waals surface area contributed by atoms with Gasteiger partial charge in [-0.3, -0.25) is 14.5 Å². The number of hydrogen-bond donors (Lipinski definition) is 4. The maximum atomic E-state index is 13.9. The van der Waals surface area contributed by atoms with Gasteiger partial charge in [-0.05, 0) is 53.5 Å². The van der Waals surface area contributed by atoms with Crippen LogP contribution in [-0.4, -0.2) is 96.5 Å².